The smallest absolute Gasteiger partial charge is 0.237 e. The van der Waals surface area contributed by atoms with Gasteiger partial charge in [-0.25, -0.2) is 4.68 Å². The minimum atomic E-state index is 0.431. The molecule has 2 N–H and O–H groups in total. The van der Waals surface area contributed by atoms with Gasteiger partial charge in [-0.15, -0.1) is 10.2 Å². The van der Waals surface area contributed by atoms with Gasteiger partial charge < -0.3 is 14.8 Å². The molecule has 0 saturated heterocycles. The number of hydrogen-bond donors (Lipinski definition) is 1. The molecule has 26 heavy (non-hydrogen) atoms. The Bertz CT molecular complexity index is 1060. The van der Waals surface area contributed by atoms with Crippen LogP contribution in [-0.2, 0) is 5.75 Å². The number of furan rings is 1. The second-order valence-corrected chi connectivity index (χ2v) is 7.24. The molecular weight excluding hydrogens is 420 g/mol. The van der Waals surface area contributed by atoms with Crippen LogP contribution in [0.25, 0.3) is 22.8 Å². The van der Waals surface area contributed by atoms with Gasteiger partial charge in [0.2, 0.25) is 16.9 Å². The molecule has 4 aromatic rings. The van der Waals surface area contributed by atoms with E-state index >= 15 is 0 Å². The van der Waals surface area contributed by atoms with E-state index in [1.165, 1.54) is 16.4 Å². The average molecular weight is 433 g/mol. The fourth-order valence-electron chi connectivity index (χ4n) is 2.36. The van der Waals surface area contributed by atoms with Gasteiger partial charge >= 0.3 is 0 Å². The van der Waals surface area contributed by atoms with Crippen LogP contribution in [0.15, 0.2) is 55.2 Å². The molecule has 0 bridgehead atoms. The minimum absolute atomic E-state index is 0.431. The highest BCUT2D eigenvalue weighted by atomic mass is 79.9. The van der Waals surface area contributed by atoms with Gasteiger partial charge in [-0.1, -0.05) is 45.0 Å². The number of aryl methyl sites for hydroxylation is 1. The maximum Gasteiger partial charge on any atom is 0.237 e. The monoisotopic (exact) mass is 432 g/mol. The van der Waals surface area contributed by atoms with E-state index in [0.29, 0.717) is 28.4 Å². The summed E-state index contributed by atoms with van der Waals surface area (Å²) in [6.45, 7) is 1.85. The van der Waals surface area contributed by atoms with Crippen LogP contribution in [0.2, 0.25) is 0 Å². The van der Waals surface area contributed by atoms with Crippen LogP contribution in [0.5, 0.6) is 0 Å². The third-order valence-corrected chi connectivity index (χ3v) is 5.06. The van der Waals surface area contributed by atoms with Crippen LogP contribution in [0.3, 0.4) is 0 Å². The maximum atomic E-state index is 6.10. The summed E-state index contributed by atoms with van der Waals surface area (Å²) < 4.78 is 13.0. The largest absolute Gasteiger partial charge is 0.469 e. The van der Waals surface area contributed by atoms with E-state index in [1.54, 1.807) is 12.3 Å². The van der Waals surface area contributed by atoms with Gasteiger partial charge in [-0.05, 0) is 25.1 Å². The highest BCUT2D eigenvalue weighted by Gasteiger charge is 2.17. The first kappa shape index (κ1) is 16.9. The Balaban J connectivity index is 1.49. The predicted molar refractivity (Wildman–Crippen MR) is 99.6 cm³/mol. The molecule has 0 aliphatic rings. The van der Waals surface area contributed by atoms with Crippen molar-refractivity contribution in [2.75, 3.05) is 5.84 Å². The van der Waals surface area contributed by atoms with Gasteiger partial charge in [0.25, 0.3) is 0 Å². The Morgan fingerprint density at radius 3 is 2.92 bits per heavy atom. The number of rotatable bonds is 5. The summed E-state index contributed by atoms with van der Waals surface area (Å²) in [7, 11) is 0. The van der Waals surface area contributed by atoms with Crippen molar-refractivity contribution in [3.63, 3.8) is 0 Å². The summed E-state index contributed by atoms with van der Waals surface area (Å²) in [5, 5.41) is 12.8. The molecule has 0 aliphatic carbocycles. The fourth-order valence-corrected chi connectivity index (χ4v) is 3.45. The summed E-state index contributed by atoms with van der Waals surface area (Å²) in [6.07, 6.45) is 1.59. The number of nitrogen functional groups attached to an aromatic ring is 1. The van der Waals surface area contributed by atoms with Crippen LogP contribution in [0, 0.1) is 6.92 Å². The molecule has 8 nitrogen and oxygen atoms in total. The fraction of sp³-hybridized carbons (Fsp3) is 0.125. The third-order valence-electron chi connectivity index (χ3n) is 3.64. The van der Waals surface area contributed by atoms with Crippen LogP contribution < -0.4 is 5.84 Å². The van der Waals surface area contributed by atoms with Crippen molar-refractivity contribution >= 4 is 27.7 Å². The zero-order valence-electron chi connectivity index (χ0n) is 13.6. The Labute approximate surface area is 160 Å². The van der Waals surface area contributed by atoms with E-state index in [0.717, 1.165) is 21.4 Å². The molecular formula is C16H13BrN6O2S. The minimum Gasteiger partial charge on any atom is -0.469 e. The molecule has 4 rings (SSSR count). The van der Waals surface area contributed by atoms with Crippen LogP contribution in [-0.4, -0.2) is 25.0 Å². The van der Waals surface area contributed by atoms with Crippen molar-refractivity contribution in [3.05, 3.63) is 52.7 Å². The highest BCUT2D eigenvalue weighted by molar-refractivity contribution is 9.10. The number of nitrogens with zero attached hydrogens (tertiary/aromatic N) is 5. The van der Waals surface area contributed by atoms with E-state index in [-0.39, 0.29) is 0 Å². The summed E-state index contributed by atoms with van der Waals surface area (Å²) in [4.78, 5) is 4.40. The summed E-state index contributed by atoms with van der Waals surface area (Å²) in [6, 6.07) is 9.51. The van der Waals surface area contributed by atoms with Crippen molar-refractivity contribution in [1.82, 2.24) is 25.0 Å². The van der Waals surface area contributed by atoms with E-state index in [1.807, 2.05) is 31.2 Å². The topological polar surface area (TPSA) is 109 Å². The van der Waals surface area contributed by atoms with Crippen molar-refractivity contribution in [1.29, 1.82) is 0 Å². The number of hydrogen-bond acceptors (Lipinski definition) is 8. The van der Waals surface area contributed by atoms with Crippen molar-refractivity contribution < 1.29 is 8.94 Å². The number of benzene rings is 1. The first-order chi connectivity index (χ1) is 12.6. The van der Waals surface area contributed by atoms with E-state index in [2.05, 4.69) is 36.3 Å². The molecule has 0 aliphatic heterocycles. The summed E-state index contributed by atoms with van der Waals surface area (Å²) in [5.41, 5.74) is 1.68. The van der Waals surface area contributed by atoms with Gasteiger partial charge in [-0.3, -0.25) is 0 Å². The normalized spacial score (nSPS) is 11.2. The first-order valence-corrected chi connectivity index (χ1v) is 9.36. The quantitative estimate of drug-likeness (QED) is 0.375. The number of halogens is 1. The Morgan fingerprint density at radius 2 is 2.15 bits per heavy atom. The molecule has 3 aromatic heterocycles. The molecule has 0 radical (unpaired) electrons. The number of nitrogens with two attached hydrogens (primary N) is 1. The van der Waals surface area contributed by atoms with Crippen molar-refractivity contribution in [2.24, 2.45) is 0 Å². The molecule has 0 amide bonds. The van der Waals surface area contributed by atoms with Crippen molar-refractivity contribution in [3.8, 4) is 22.8 Å². The molecule has 0 fully saturated rings. The molecule has 1 aromatic carbocycles. The SMILES string of the molecule is Cc1occc1-c1nnc(SCc2nc(-c3cccc(Br)c3)no2)n1N. The predicted octanol–water partition coefficient (Wildman–Crippen LogP) is 3.67. The van der Waals surface area contributed by atoms with Gasteiger partial charge in [-0.2, -0.15) is 4.98 Å². The lowest BCUT2D eigenvalue weighted by atomic mass is 10.2. The molecule has 132 valence electrons. The Kier molecular flexibility index (Phi) is 4.51. The zero-order valence-corrected chi connectivity index (χ0v) is 16.0. The van der Waals surface area contributed by atoms with Crippen LogP contribution in [0.4, 0.5) is 0 Å². The summed E-state index contributed by atoms with van der Waals surface area (Å²) >= 11 is 4.79. The number of aromatic nitrogens is 5. The van der Waals surface area contributed by atoms with Gasteiger partial charge in [0, 0.05) is 10.0 Å². The van der Waals surface area contributed by atoms with Crippen molar-refractivity contribution in [2.45, 2.75) is 17.8 Å². The van der Waals surface area contributed by atoms with E-state index in [4.69, 9.17) is 14.8 Å². The Hall–Kier alpha value is -2.59. The molecule has 0 unspecified atom stereocenters. The van der Waals surface area contributed by atoms with E-state index < -0.39 is 0 Å². The summed E-state index contributed by atoms with van der Waals surface area (Å²) in [5.74, 6) is 8.82. The molecule has 3 heterocycles. The Morgan fingerprint density at radius 1 is 1.27 bits per heavy atom. The van der Waals surface area contributed by atoms with Crippen LogP contribution >= 0.6 is 27.7 Å². The molecule has 0 saturated carbocycles. The maximum absolute atomic E-state index is 6.10. The third kappa shape index (κ3) is 3.25. The first-order valence-electron chi connectivity index (χ1n) is 7.58. The second kappa shape index (κ2) is 6.96. The van der Waals surface area contributed by atoms with E-state index in [9.17, 15) is 0 Å². The molecule has 0 spiro atoms. The zero-order chi connectivity index (χ0) is 18.1. The number of thioether (sulfide) groups is 1. The lowest BCUT2D eigenvalue weighted by molar-refractivity contribution is 0.391. The standard InChI is InChI=1S/C16H13BrN6O2S/c1-9-12(5-6-24-9)15-20-21-16(23(15)18)26-8-13-19-14(22-25-13)10-3-2-4-11(17)7-10/h2-7H,8,18H2,1H3. The van der Waals surface area contributed by atoms with Gasteiger partial charge in [0.05, 0.1) is 17.6 Å². The lowest BCUT2D eigenvalue weighted by Crippen LogP contribution is -2.11. The molecule has 10 heteroatoms. The van der Waals surface area contributed by atoms with Gasteiger partial charge in [0.15, 0.2) is 5.82 Å². The van der Waals surface area contributed by atoms with Gasteiger partial charge in [0.1, 0.15) is 5.76 Å². The second-order valence-electron chi connectivity index (χ2n) is 5.38. The average Bonchev–Trinajstić information content (AvgIpc) is 3.34. The molecule has 0 atom stereocenters. The lowest BCUT2D eigenvalue weighted by Gasteiger charge is -2.01. The van der Waals surface area contributed by atoms with Crippen LogP contribution in [0.1, 0.15) is 11.7 Å². The highest BCUT2D eigenvalue weighted by Crippen LogP contribution is 2.27.